The van der Waals surface area contributed by atoms with Crippen molar-refractivity contribution in [2.75, 3.05) is 0 Å². The molecule has 0 spiro atoms. The van der Waals surface area contributed by atoms with E-state index in [0.29, 0.717) is 17.7 Å². The predicted octanol–water partition coefficient (Wildman–Crippen LogP) is 35.9. The average Bonchev–Trinajstić information content (AvgIpc) is 0.828. The van der Waals surface area contributed by atoms with Gasteiger partial charge in [0.2, 0.25) is 17.7 Å². The predicted molar refractivity (Wildman–Crippen MR) is 579 cm³/mol. The van der Waals surface area contributed by atoms with E-state index in [1.807, 2.05) is 103 Å². The van der Waals surface area contributed by atoms with Crippen molar-refractivity contribution < 1.29 is 13.3 Å². The molecule has 5 aromatic heterocycles. The molecule has 24 aromatic carbocycles. The van der Waals surface area contributed by atoms with Crippen molar-refractivity contribution in [3.8, 4) is 124 Å². The van der Waals surface area contributed by atoms with Crippen LogP contribution in [0.2, 0.25) is 0 Å². The lowest BCUT2D eigenvalue weighted by Gasteiger charge is -2.14. The van der Waals surface area contributed by atoms with Gasteiger partial charge in [0.1, 0.15) is 16.6 Å². The number of fused-ring (bicyclic) bond motifs is 29. The van der Waals surface area contributed by atoms with E-state index < -0.39 is 0 Å². The number of hydrogen-bond donors (Lipinski definition) is 0. The molecule has 30 rings (SSSR count). The van der Waals surface area contributed by atoms with Gasteiger partial charge in [0.05, 0.1) is 22.8 Å². The molecular formula is C131H77N5O3. The lowest BCUT2D eigenvalue weighted by molar-refractivity contribution is 0.623. The van der Waals surface area contributed by atoms with E-state index in [0.717, 1.165) is 154 Å². The Bertz CT molecular complexity index is 10100. The second-order valence-electron chi connectivity index (χ2n) is 36.2. The van der Waals surface area contributed by atoms with Crippen molar-refractivity contribution in [1.29, 1.82) is 0 Å². The van der Waals surface area contributed by atoms with E-state index in [4.69, 9.17) is 38.2 Å². The van der Waals surface area contributed by atoms with Gasteiger partial charge in [-0.25, -0.2) is 24.9 Å². The Morgan fingerprint density at radius 1 is 0.129 bits per heavy atom. The van der Waals surface area contributed by atoms with Gasteiger partial charge >= 0.3 is 0 Å². The second-order valence-corrected chi connectivity index (χ2v) is 36.2. The summed E-state index contributed by atoms with van der Waals surface area (Å²) in [6.45, 7) is 0. The minimum Gasteiger partial charge on any atom is -0.435 e. The zero-order valence-corrected chi connectivity index (χ0v) is 74.9. The van der Waals surface area contributed by atoms with Crippen molar-refractivity contribution >= 4 is 173 Å². The summed E-state index contributed by atoms with van der Waals surface area (Å²) in [4.78, 5) is 25.0. The Morgan fingerprint density at radius 2 is 0.432 bits per heavy atom. The van der Waals surface area contributed by atoms with Crippen molar-refractivity contribution in [2.45, 2.75) is 0 Å². The fourth-order valence-corrected chi connectivity index (χ4v) is 21.7. The highest BCUT2D eigenvalue weighted by atomic mass is 16.4. The minimum absolute atomic E-state index is 0.631. The lowest BCUT2D eigenvalue weighted by Crippen LogP contribution is -1.90. The van der Waals surface area contributed by atoms with Crippen molar-refractivity contribution in [3.63, 3.8) is 0 Å². The molecule has 0 aliphatic heterocycles. The van der Waals surface area contributed by atoms with E-state index >= 15 is 0 Å². The van der Waals surface area contributed by atoms with Crippen LogP contribution < -0.4 is 0 Å². The monoisotopic (exact) mass is 1770 g/mol. The molecule has 0 N–H and O–H groups in total. The van der Waals surface area contributed by atoms with E-state index in [2.05, 4.69) is 364 Å². The van der Waals surface area contributed by atoms with Gasteiger partial charge in [-0.05, 0) is 284 Å². The van der Waals surface area contributed by atoms with Crippen LogP contribution in [-0.4, -0.2) is 24.9 Å². The standard InChI is InChI=1S/C45H27NO.C44H26N2O.C42H24N2O/c1-2-10-31(11-3-1)45-46-42-24-22-30-19-17-29-18-20-33(26-40(29)43(30)44(42)47-45)32-12-8-13-34(25-32)39-27-41-35-14-5-4-9-28(35)21-23-38(41)36-15-6-7-16-37(36)39;1-2-9-29(10-3-1)44-46-41-24-22-28-19-17-27-18-20-30(25-37(27)42(28)43(41)47-44)39-15-8-16-40(45-39)31-21-23-36-34-13-5-4-11-32(34)33-12-6-7-14-35(33)38(36)26-31;1-2-8-27(9-3-1)42-44-38-23-20-26-18-16-25-17-19-28(24-35(25)39(26)41(38)45-42)36-14-7-15-37(43-36)31-21-22-34-30-11-5-4-10-29(30)32-12-6-13-33(31)40(32)34/h1-27H;1-26H;1-24H. The molecule has 0 atom stereocenters. The number of benzene rings is 24. The maximum absolute atomic E-state index is 6.49. The number of nitrogens with zero attached hydrogens (tertiary/aromatic N) is 5. The largest absolute Gasteiger partial charge is 0.435 e. The zero-order chi connectivity index (χ0) is 91.3. The Kier molecular flexibility index (Phi) is 18.2. The number of rotatable bonds is 9. The molecule has 0 fully saturated rings. The third kappa shape index (κ3) is 13.2. The third-order valence-corrected chi connectivity index (χ3v) is 28.4. The summed E-state index contributed by atoms with van der Waals surface area (Å²) in [5.41, 5.74) is 26.1. The molecule has 644 valence electrons. The smallest absolute Gasteiger partial charge is 0.227 e. The zero-order valence-electron chi connectivity index (χ0n) is 74.9. The van der Waals surface area contributed by atoms with Crippen LogP contribution in [0.15, 0.2) is 480 Å². The van der Waals surface area contributed by atoms with Crippen molar-refractivity contribution in [2.24, 2.45) is 0 Å². The maximum atomic E-state index is 6.49. The maximum Gasteiger partial charge on any atom is 0.227 e. The summed E-state index contributed by atoms with van der Waals surface area (Å²) < 4.78 is 19.4. The molecule has 0 radical (unpaired) electrons. The number of pyridine rings is 2. The van der Waals surface area contributed by atoms with Gasteiger partial charge in [0.25, 0.3) is 0 Å². The van der Waals surface area contributed by atoms with Gasteiger partial charge in [-0.3, -0.25) is 0 Å². The summed E-state index contributed by atoms with van der Waals surface area (Å²) in [7, 11) is 0. The minimum atomic E-state index is 0.631. The molecule has 8 nitrogen and oxygen atoms in total. The topological polar surface area (TPSA) is 104 Å². The number of hydrogen-bond acceptors (Lipinski definition) is 8. The molecule has 8 heteroatoms. The fraction of sp³-hybridized carbons (Fsp3) is 0. The molecular weight excluding hydrogens is 1690 g/mol. The van der Waals surface area contributed by atoms with Gasteiger partial charge < -0.3 is 13.3 Å². The first-order valence-corrected chi connectivity index (χ1v) is 47.2. The molecule has 0 bridgehead atoms. The Hall–Kier alpha value is -18.6. The van der Waals surface area contributed by atoms with E-state index in [1.54, 1.807) is 0 Å². The Balaban J connectivity index is 0.000000103. The van der Waals surface area contributed by atoms with Crippen molar-refractivity contribution in [3.05, 3.63) is 467 Å². The van der Waals surface area contributed by atoms with E-state index in [1.165, 1.54) is 125 Å². The average molecular weight is 1770 g/mol. The molecule has 0 amide bonds. The molecule has 5 heterocycles. The van der Waals surface area contributed by atoms with Crippen molar-refractivity contribution in [1.82, 2.24) is 24.9 Å². The Labute approximate surface area is 797 Å². The van der Waals surface area contributed by atoms with Crippen LogP contribution in [0.25, 0.3) is 297 Å². The molecule has 139 heavy (non-hydrogen) atoms. The summed E-state index contributed by atoms with van der Waals surface area (Å²) in [6.07, 6.45) is 0. The van der Waals surface area contributed by atoms with Crippen LogP contribution in [0.5, 0.6) is 0 Å². The number of aromatic nitrogens is 5. The van der Waals surface area contributed by atoms with Crippen LogP contribution in [0, 0.1) is 0 Å². The number of oxazole rings is 3. The molecule has 1 aliphatic rings. The van der Waals surface area contributed by atoms with Gasteiger partial charge in [0.15, 0.2) is 16.7 Å². The van der Waals surface area contributed by atoms with Crippen LogP contribution in [0.4, 0.5) is 0 Å². The second kappa shape index (κ2) is 32.1. The molecule has 1 aliphatic carbocycles. The first-order valence-electron chi connectivity index (χ1n) is 47.2. The van der Waals surface area contributed by atoms with Gasteiger partial charge in [-0.1, -0.05) is 352 Å². The quantitative estimate of drug-likeness (QED) is 0.132. The van der Waals surface area contributed by atoms with Gasteiger partial charge in [-0.15, -0.1) is 0 Å². The van der Waals surface area contributed by atoms with E-state index in [-0.39, 0.29) is 0 Å². The highest BCUT2D eigenvalue weighted by Crippen LogP contribution is 2.51. The lowest BCUT2D eigenvalue weighted by atomic mass is 9.89. The SMILES string of the molecule is c1ccc(-c2nc3ccc4ccc5ccc(-c6cccc(-c7cc8c9ccccc9ccc8c8ccccc78)c6)cc5c4c3o2)cc1.c1ccc(-c2nc3ccc4ccc5ccc(-c6cccc(-c7ccc8c9c(cccc79)-c7ccccc7-8)n6)cc5c4c3o2)cc1.c1ccc(-c2nc3ccc4ccc5ccc(-c6cccc(-c7ccc8c9ccccc9c9ccccc9c8c7)n6)cc5c4c3o2)cc1. The van der Waals surface area contributed by atoms with E-state index in [9.17, 15) is 0 Å². The van der Waals surface area contributed by atoms with Gasteiger partial charge in [-0.2, -0.15) is 0 Å². The summed E-state index contributed by atoms with van der Waals surface area (Å²) in [5, 5.41) is 31.3. The van der Waals surface area contributed by atoms with Crippen LogP contribution >= 0.6 is 0 Å². The molecule has 0 saturated carbocycles. The molecule has 29 aromatic rings. The van der Waals surface area contributed by atoms with Gasteiger partial charge in [0, 0.05) is 55.1 Å². The summed E-state index contributed by atoms with van der Waals surface area (Å²) >= 11 is 0. The highest BCUT2D eigenvalue weighted by Gasteiger charge is 2.26. The summed E-state index contributed by atoms with van der Waals surface area (Å²) in [6, 6.07) is 166. The Morgan fingerprint density at radius 3 is 0.950 bits per heavy atom. The molecule has 0 saturated heterocycles. The normalized spacial score (nSPS) is 11.9. The molecule has 0 unspecified atom stereocenters. The fourth-order valence-electron chi connectivity index (χ4n) is 21.7. The third-order valence-electron chi connectivity index (χ3n) is 28.4. The first kappa shape index (κ1) is 79.0. The van der Waals surface area contributed by atoms with Crippen LogP contribution in [0.3, 0.4) is 0 Å². The van der Waals surface area contributed by atoms with Crippen LogP contribution in [0.1, 0.15) is 0 Å². The van der Waals surface area contributed by atoms with Crippen LogP contribution in [-0.2, 0) is 0 Å². The highest BCUT2D eigenvalue weighted by molar-refractivity contribution is 6.28. The first-order chi connectivity index (χ1) is 68.9. The summed E-state index contributed by atoms with van der Waals surface area (Å²) in [5.74, 6) is 1.91.